The fourth-order valence-electron chi connectivity index (χ4n) is 3.39. The van der Waals surface area contributed by atoms with Crippen LogP contribution < -0.4 is 4.74 Å². The Kier molecular flexibility index (Phi) is 5.34. The van der Waals surface area contributed by atoms with Crippen LogP contribution in [0.2, 0.25) is 0 Å². The number of methoxy groups -OCH3 is 1. The Morgan fingerprint density at radius 1 is 1.20 bits per heavy atom. The molecule has 0 radical (unpaired) electrons. The first kappa shape index (κ1) is 17.4. The van der Waals surface area contributed by atoms with E-state index in [1.807, 2.05) is 48.2 Å². The summed E-state index contributed by atoms with van der Waals surface area (Å²) in [6, 6.07) is 14.2. The molecule has 3 rings (SSSR count). The van der Waals surface area contributed by atoms with Crippen LogP contribution >= 0.6 is 0 Å². The molecule has 1 aliphatic rings. The van der Waals surface area contributed by atoms with E-state index in [0.29, 0.717) is 0 Å². The Bertz CT molecular complexity index is 730. The van der Waals surface area contributed by atoms with E-state index >= 15 is 0 Å². The van der Waals surface area contributed by atoms with Crippen LogP contribution in [0.25, 0.3) is 0 Å². The molecule has 1 amide bonds. The number of carbonyl (C=O) groups excluding carboxylic acids is 1. The molecule has 1 fully saturated rings. The van der Waals surface area contributed by atoms with Crippen LogP contribution in [0.1, 0.15) is 29.9 Å². The number of carbonyl (C=O) groups is 1. The van der Waals surface area contributed by atoms with Crippen molar-refractivity contribution in [2.24, 2.45) is 0 Å². The molecule has 1 saturated heterocycles. The lowest BCUT2D eigenvalue weighted by Gasteiger charge is -2.41. The lowest BCUT2D eigenvalue weighted by atomic mass is 10.0. The van der Waals surface area contributed by atoms with E-state index in [0.717, 1.165) is 48.9 Å². The van der Waals surface area contributed by atoms with Gasteiger partial charge in [0.25, 0.3) is 0 Å². The third kappa shape index (κ3) is 4.17. The largest absolute Gasteiger partial charge is 0.497 e. The first-order valence-electron chi connectivity index (χ1n) is 8.63. The van der Waals surface area contributed by atoms with Gasteiger partial charge in [-0.2, -0.15) is 0 Å². The first-order chi connectivity index (χ1) is 12.1. The minimum Gasteiger partial charge on any atom is -0.497 e. The molecule has 0 bridgehead atoms. The summed E-state index contributed by atoms with van der Waals surface area (Å²) in [6.07, 6.45) is 0. The van der Waals surface area contributed by atoms with E-state index < -0.39 is 0 Å². The molecule has 1 aromatic heterocycles. The number of aryl methyl sites for hydroxylation is 1. The number of hydrogen-bond donors (Lipinski definition) is 0. The summed E-state index contributed by atoms with van der Waals surface area (Å²) >= 11 is 0. The van der Waals surface area contributed by atoms with E-state index in [1.54, 1.807) is 14.0 Å². The maximum Gasteiger partial charge on any atom is 0.220 e. The Hall–Kier alpha value is -2.40. The number of piperazine rings is 1. The number of amides is 1. The van der Waals surface area contributed by atoms with Crippen molar-refractivity contribution >= 4 is 5.91 Å². The zero-order valence-corrected chi connectivity index (χ0v) is 15.1. The van der Waals surface area contributed by atoms with Crippen molar-refractivity contribution in [3.8, 4) is 5.75 Å². The van der Waals surface area contributed by atoms with Crippen LogP contribution in [0.5, 0.6) is 5.75 Å². The Labute approximate surface area is 149 Å². The van der Waals surface area contributed by atoms with Gasteiger partial charge in [-0.1, -0.05) is 18.2 Å². The molecule has 0 saturated carbocycles. The van der Waals surface area contributed by atoms with Crippen molar-refractivity contribution in [1.82, 2.24) is 14.8 Å². The maximum absolute atomic E-state index is 12.1. The Morgan fingerprint density at radius 3 is 2.60 bits per heavy atom. The normalized spacial score (nSPS) is 18.2. The van der Waals surface area contributed by atoms with Crippen molar-refractivity contribution in [2.75, 3.05) is 26.7 Å². The molecule has 2 aromatic rings. The molecule has 1 aromatic carbocycles. The molecule has 5 heteroatoms. The Balaban J connectivity index is 1.78. The molecule has 0 aliphatic carbocycles. The van der Waals surface area contributed by atoms with E-state index in [4.69, 9.17) is 4.74 Å². The van der Waals surface area contributed by atoms with Gasteiger partial charge >= 0.3 is 0 Å². The van der Waals surface area contributed by atoms with Crippen molar-refractivity contribution in [2.45, 2.75) is 26.4 Å². The predicted octanol–water partition coefficient (Wildman–Crippen LogP) is 2.80. The van der Waals surface area contributed by atoms with Crippen LogP contribution in [-0.4, -0.2) is 47.4 Å². The highest BCUT2D eigenvalue weighted by atomic mass is 16.5. The number of rotatable bonds is 4. The fourth-order valence-corrected chi connectivity index (χ4v) is 3.39. The fraction of sp³-hybridized carbons (Fsp3) is 0.400. The van der Waals surface area contributed by atoms with Gasteiger partial charge in [-0.25, -0.2) is 0 Å². The second kappa shape index (κ2) is 7.66. The second-order valence-corrected chi connectivity index (χ2v) is 6.51. The minimum atomic E-state index is 0.0574. The molecule has 1 atom stereocenters. The van der Waals surface area contributed by atoms with Crippen molar-refractivity contribution in [1.29, 1.82) is 0 Å². The number of ether oxygens (including phenoxy) is 1. The van der Waals surface area contributed by atoms with Gasteiger partial charge in [0, 0.05) is 38.8 Å². The Morgan fingerprint density at radius 2 is 1.96 bits per heavy atom. The van der Waals surface area contributed by atoms with Gasteiger partial charge in [-0.3, -0.25) is 14.7 Å². The van der Waals surface area contributed by atoms with Gasteiger partial charge in [0.05, 0.1) is 18.8 Å². The van der Waals surface area contributed by atoms with Gasteiger partial charge in [0.1, 0.15) is 5.75 Å². The van der Waals surface area contributed by atoms with Gasteiger partial charge in [0.2, 0.25) is 5.91 Å². The van der Waals surface area contributed by atoms with E-state index in [-0.39, 0.29) is 11.9 Å². The number of nitrogens with zero attached hydrogens (tertiary/aromatic N) is 3. The summed E-state index contributed by atoms with van der Waals surface area (Å²) < 4.78 is 5.24. The number of pyridine rings is 1. The zero-order chi connectivity index (χ0) is 17.8. The second-order valence-electron chi connectivity index (χ2n) is 6.51. The number of hydrogen-bond acceptors (Lipinski definition) is 4. The molecule has 25 heavy (non-hydrogen) atoms. The molecule has 132 valence electrons. The SMILES string of the molecule is COc1ccc([C@@H]2CN(Cc3cccc(C)n3)CCN2C(C)=O)cc1. The molecule has 0 unspecified atom stereocenters. The average Bonchev–Trinajstić information content (AvgIpc) is 2.61. The summed E-state index contributed by atoms with van der Waals surface area (Å²) in [5, 5.41) is 0. The summed E-state index contributed by atoms with van der Waals surface area (Å²) in [4.78, 5) is 21.0. The van der Waals surface area contributed by atoms with Crippen LogP contribution in [0.15, 0.2) is 42.5 Å². The van der Waals surface area contributed by atoms with Gasteiger partial charge < -0.3 is 9.64 Å². The number of aromatic nitrogens is 1. The standard InChI is InChI=1S/C20H25N3O2/c1-15-5-4-6-18(21-15)13-22-11-12-23(16(2)24)20(14-22)17-7-9-19(25-3)10-8-17/h4-10,20H,11-14H2,1-3H3/t20-/m0/s1. The van der Waals surface area contributed by atoms with Crippen LogP contribution in [0.4, 0.5) is 0 Å². The van der Waals surface area contributed by atoms with Gasteiger partial charge in [-0.05, 0) is 36.8 Å². The highest BCUT2D eigenvalue weighted by Crippen LogP contribution is 2.27. The summed E-state index contributed by atoms with van der Waals surface area (Å²) in [5.74, 6) is 0.948. The van der Waals surface area contributed by atoms with Crippen LogP contribution in [-0.2, 0) is 11.3 Å². The monoisotopic (exact) mass is 339 g/mol. The summed E-state index contributed by atoms with van der Waals surface area (Å²) in [5.41, 5.74) is 3.24. The van der Waals surface area contributed by atoms with E-state index in [2.05, 4.69) is 16.0 Å². The van der Waals surface area contributed by atoms with Crippen LogP contribution in [0.3, 0.4) is 0 Å². The zero-order valence-electron chi connectivity index (χ0n) is 15.1. The first-order valence-corrected chi connectivity index (χ1v) is 8.63. The number of benzene rings is 1. The molecular formula is C20H25N3O2. The quantitative estimate of drug-likeness (QED) is 0.859. The smallest absolute Gasteiger partial charge is 0.220 e. The third-order valence-electron chi connectivity index (χ3n) is 4.70. The predicted molar refractivity (Wildman–Crippen MR) is 97.4 cm³/mol. The molecule has 0 spiro atoms. The van der Waals surface area contributed by atoms with E-state index in [1.165, 1.54) is 0 Å². The summed E-state index contributed by atoms with van der Waals surface area (Å²) in [6.45, 7) is 6.87. The lowest BCUT2D eigenvalue weighted by molar-refractivity contribution is -0.134. The highest BCUT2D eigenvalue weighted by molar-refractivity contribution is 5.74. The third-order valence-corrected chi connectivity index (χ3v) is 4.70. The molecular weight excluding hydrogens is 314 g/mol. The highest BCUT2D eigenvalue weighted by Gasteiger charge is 2.30. The molecule has 0 N–H and O–H groups in total. The van der Waals surface area contributed by atoms with E-state index in [9.17, 15) is 4.79 Å². The minimum absolute atomic E-state index is 0.0574. The van der Waals surface area contributed by atoms with Crippen LogP contribution in [0, 0.1) is 6.92 Å². The van der Waals surface area contributed by atoms with Crippen molar-refractivity contribution in [3.05, 3.63) is 59.4 Å². The molecule has 2 heterocycles. The molecule has 5 nitrogen and oxygen atoms in total. The summed E-state index contributed by atoms with van der Waals surface area (Å²) in [7, 11) is 1.66. The lowest BCUT2D eigenvalue weighted by Crippen LogP contribution is -2.49. The van der Waals surface area contributed by atoms with Crippen molar-refractivity contribution < 1.29 is 9.53 Å². The topological polar surface area (TPSA) is 45.7 Å². The van der Waals surface area contributed by atoms with Gasteiger partial charge in [-0.15, -0.1) is 0 Å². The average molecular weight is 339 g/mol. The van der Waals surface area contributed by atoms with Crippen molar-refractivity contribution in [3.63, 3.8) is 0 Å². The van der Waals surface area contributed by atoms with Gasteiger partial charge in [0.15, 0.2) is 0 Å². The maximum atomic E-state index is 12.1. The molecule has 1 aliphatic heterocycles.